The van der Waals surface area contributed by atoms with Crippen molar-refractivity contribution >= 4 is 43.4 Å². The molecule has 33 heavy (non-hydrogen) atoms. The number of para-hydroxylation sites is 2. The summed E-state index contributed by atoms with van der Waals surface area (Å²) >= 11 is 0. The van der Waals surface area contributed by atoms with E-state index in [1.165, 1.54) is 10.4 Å². The number of benzene rings is 3. The average Bonchev–Trinajstić information content (AvgIpc) is 3.38. The second-order valence-electron chi connectivity index (χ2n) is 8.14. The third-order valence-corrected chi connectivity index (χ3v) is 7.90. The van der Waals surface area contributed by atoms with Gasteiger partial charge in [0.1, 0.15) is 6.54 Å². The summed E-state index contributed by atoms with van der Waals surface area (Å²) in [5.41, 5.74) is 1.68. The molecule has 0 unspecified atom stereocenters. The SMILES string of the molecule is O=C(Cn1c2ccccc2c(=O)c2ccccc21)Nc1cccc(S(=O)(=O)N2CCCC2)c1. The van der Waals surface area contributed by atoms with Gasteiger partial charge in [-0.1, -0.05) is 30.3 Å². The molecule has 0 radical (unpaired) electrons. The number of sulfonamides is 1. The minimum atomic E-state index is -3.58. The van der Waals surface area contributed by atoms with Gasteiger partial charge in [-0.15, -0.1) is 0 Å². The standard InChI is InChI=1S/C25H23N3O4S/c29-24(26-18-8-7-9-19(16-18)33(31,32)27-14-5-6-15-27)17-28-22-12-3-1-10-20(22)25(30)21-11-2-4-13-23(21)28/h1-4,7-13,16H,5-6,14-15,17H2,(H,26,29). The molecule has 0 spiro atoms. The molecule has 0 atom stereocenters. The molecule has 2 heterocycles. The van der Waals surface area contributed by atoms with Crippen LogP contribution in [0.1, 0.15) is 12.8 Å². The van der Waals surface area contributed by atoms with Crippen molar-refractivity contribution in [1.82, 2.24) is 8.87 Å². The molecule has 0 bridgehead atoms. The van der Waals surface area contributed by atoms with Crippen molar-refractivity contribution in [3.63, 3.8) is 0 Å². The number of rotatable bonds is 5. The van der Waals surface area contributed by atoms with Crippen LogP contribution < -0.4 is 10.7 Å². The lowest BCUT2D eigenvalue weighted by atomic mass is 10.1. The van der Waals surface area contributed by atoms with Crippen molar-refractivity contribution in [1.29, 1.82) is 0 Å². The predicted molar refractivity (Wildman–Crippen MR) is 129 cm³/mol. The molecule has 8 heteroatoms. The van der Waals surface area contributed by atoms with Crippen molar-refractivity contribution in [2.24, 2.45) is 0 Å². The maximum Gasteiger partial charge on any atom is 0.244 e. The molecular weight excluding hydrogens is 438 g/mol. The zero-order valence-corrected chi connectivity index (χ0v) is 18.7. The molecule has 1 aromatic heterocycles. The van der Waals surface area contributed by atoms with Crippen molar-refractivity contribution < 1.29 is 13.2 Å². The largest absolute Gasteiger partial charge is 0.331 e. The quantitative estimate of drug-likeness (QED) is 0.460. The number of fused-ring (bicyclic) bond motifs is 2. The smallest absolute Gasteiger partial charge is 0.244 e. The average molecular weight is 462 g/mol. The monoisotopic (exact) mass is 461 g/mol. The number of nitrogens with one attached hydrogen (secondary N) is 1. The van der Waals surface area contributed by atoms with Gasteiger partial charge in [-0.05, 0) is 55.3 Å². The molecule has 5 rings (SSSR count). The van der Waals surface area contributed by atoms with E-state index in [0.29, 0.717) is 40.6 Å². The highest BCUT2D eigenvalue weighted by Gasteiger charge is 2.27. The van der Waals surface area contributed by atoms with E-state index in [1.54, 1.807) is 42.5 Å². The second kappa shape index (κ2) is 8.46. The minimum absolute atomic E-state index is 0.0234. The van der Waals surface area contributed by atoms with Crippen LogP contribution in [0.3, 0.4) is 0 Å². The lowest BCUT2D eigenvalue weighted by Crippen LogP contribution is -2.28. The topological polar surface area (TPSA) is 88.5 Å². The number of hydrogen-bond acceptors (Lipinski definition) is 4. The molecule has 3 aromatic carbocycles. The Labute approximate surface area is 191 Å². The summed E-state index contributed by atoms with van der Waals surface area (Å²) in [7, 11) is -3.58. The van der Waals surface area contributed by atoms with Gasteiger partial charge in [0.15, 0.2) is 5.43 Å². The summed E-state index contributed by atoms with van der Waals surface area (Å²) in [5.74, 6) is -0.315. The highest BCUT2D eigenvalue weighted by Crippen LogP contribution is 2.24. The van der Waals surface area contributed by atoms with Gasteiger partial charge < -0.3 is 9.88 Å². The second-order valence-corrected chi connectivity index (χ2v) is 10.1. The number of anilines is 1. The van der Waals surface area contributed by atoms with E-state index in [2.05, 4.69) is 5.32 Å². The van der Waals surface area contributed by atoms with Crippen LogP contribution in [0, 0.1) is 0 Å². The molecule has 168 valence electrons. The van der Waals surface area contributed by atoms with Crippen LogP contribution in [0.5, 0.6) is 0 Å². The number of nitrogens with zero attached hydrogens (tertiary/aromatic N) is 2. The van der Waals surface area contributed by atoms with Crippen LogP contribution in [0.25, 0.3) is 21.8 Å². The van der Waals surface area contributed by atoms with Gasteiger partial charge >= 0.3 is 0 Å². The Balaban J connectivity index is 1.47. The molecule has 4 aromatic rings. The molecule has 1 aliphatic rings. The van der Waals surface area contributed by atoms with Crippen LogP contribution in [0.4, 0.5) is 5.69 Å². The molecule has 1 saturated heterocycles. The van der Waals surface area contributed by atoms with Crippen LogP contribution in [0.2, 0.25) is 0 Å². The predicted octanol–water partition coefficient (Wildman–Crippen LogP) is 3.58. The van der Waals surface area contributed by atoms with Crippen LogP contribution >= 0.6 is 0 Å². The first kappa shape index (κ1) is 21.4. The van der Waals surface area contributed by atoms with E-state index in [9.17, 15) is 18.0 Å². The summed E-state index contributed by atoms with van der Waals surface area (Å²) in [4.78, 5) is 26.1. The summed E-state index contributed by atoms with van der Waals surface area (Å²) in [6.07, 6.45) is 1.72. The molecule has 7 nitrogen and oxygen atoms in total. The molecular formula is C25H23N3O4S. The van der Waals surface area contributed by atoms with Gasteiger partial charge in [0.05, 0.1) is 15.9 Å². The number of pyridine rings is 1. The maximum atomic E-state index is 13.0. The Morgan fingerprint density at radius 3 is 2.09 bits per heavy atom. The van der Waals surface area contributed by atoms with Gasteiger partial charge in [0.25, 0.3) is 0 Å². The zero-order valence-electron chi connectivity index (χ0n) is 17.9. The lowest BCUT2D eigenvalue weighted by Gasteiger charge is -2.17. The van der Waals surface area contributed by atoms with Gasteiger partial charge in [0, 0.05) is 29.5 Å². The van der Waals surface area contributed by atoms with E-state index < -0.39 is 10.0 Å². The Hall–Kier alpha value is -3.49. The first-order chi connectivity index (χ1) is 15.9. The van der Waals surface area contributed by atoms with E-state index in [0.717, 1.165) is 12.8 Å². The molecule has 1 N–H and O–H groups in total. The number of carbonyl (C=O) groups is 1. The summed E-state index contributed by atoms with van der Waals surface area (Å²) in [5, 5.41) is 3.90. The van der Waals surface area contributed by atoms with Gasteiger partial charge in [-0.25, -0.2) is 8.42 Å². The van der Waals surface area contributed by atoms with E-state index in [-0.39, 0.29) is 22.8 Å². The highest BCUT2D eigenvalue weighted by atomic mass is 32.2. The maximum absolute atomic E-state index is 13.0. The Bertz CT molecular complexity index is 1480. The van der Waals surface area contributed by atoms with E-state index >= 15 is 0 Å². The van der Waals surface area contributed by atoms with Gasteiger partial charge in [0.2, 0.25) is 15.9 Å². The highest BCUT2D eigenvalue weighted by molar-refractivity contribution is 7.89. The first-order valence-corrected chi connectivity index (χ1v) is 12.3. The van der Waals surface area contributed by atoms with Crippen molar-refractivity contribution in [3.8, 4) is 0 Å². The van der Waals surface area contributed by atoms with E-state index in [1.807, 2.05) is 28.8 Å². The van der Waals surface area contributed by atoms with Gasteiger partial charge in [-0.2, -0.15) is 4.31 Å². The summed E-state index contributed by atoms with van der Waals surface area (Å²) in [6.45, 7) is 1.02. The Kier molecular flexibility index (Phi) is 5.47. The fourth-order valence-corrected chi connectivity index (χ4v) is 5.97. The van der Waals surface area contributed by atoms with Crippen LogP contribution in [-0.4, -0.2) is 36.3 Å². The Morgan fingerprint density at radius 2 is 1.45 bits per heavy atom. The fraction of sp³-hybridized carbons (Fsp3) is 0.200. The molecule has 0 saturated carbocycles. The Morgan fingerprint density at radius 1 is 0.848 bits per heavy atom. The molecule has 1 aliphatic heterocycles. The lowest BCUT2D eigenvalue weighted by molar-refractivity contribution is -0.116. The van der Waals surface area contributed by atoms with Crippen molar-refractivity contribution in [2.45, 2.75) is 24.3 Å². The van der Waals surface area contributed by atoms with Gasteiger partial charge in [-0.3, -0.25) is 9.59 Å². The summed E-state index contributed by atoms with van der Waals surface area (Å²) < 4.78 is 29.0. The first-order valence-electron chi connectivity index (χ1n) is 10.9. The minimum Gasteiger partial charge on any atom is -0.331 e. The van der Waals surface area contributed by atoms with Crippen molar-refractivity contribution in [2.75, 3.05) is 18.4 Å². The molecule has 1 amide bonds. The van der Waals surface area contributed by atoms with E-state index in [4.69, 9.17) is 0 Å². The zero-order chi connectivity index (χ0) is 23.0. The normalized spacial score (nSPS) is 14.7. The van der Waals surface area contributed by atoms with Crippen molar-refractivity contribution in [3.05, 3.63) is 83.0 Å². The molecule has 0 aliphatic carbocycles. The van der Waals surface area contributed by atoms with Crippen LogP contribution in [0.15, 0.2) is 82.5 Å². The number of carbonyl (C=O) groups excluding carboxylic acids is 1. The van der Waals surface area contributed by atoms with Crippen LogP contribution in [-0.2, 0) is 21.4 Å². The number of aromatic nitrogens is 1. The third-order valence-electron chi connectivity index (χ3n) is 6.00. The molecule has 1 fully saturated rings. The fourth-order valence-electron chi connectivity index (χ4n) is 4.40. The third kappa shape index (κ3) is 3.92. The number of hydrogen-bond donors (Lipinski definition) is 1. The number of amides is 1. The summed E-state index contributed by atoms with van der Waals surface area (Å²) in [6, 6.07) is 20.8.